The van der Waals surface area contributed by atoms with Gasteiger partial charge in [-0.25, -0.2) is 4.39 Å². The molecule has 3 heteroatoms. The van der Waals surface area contributed by atoms with E-state index < -0.39 is 0 Å². The van der Waals surface area contributed by atoms with Gasteiger partial charge in [0.15, 0.2) is 0 Å². The van der Waals surface area contributed by atoms with Crippen molar-refractivity contribution < 1.29 is 9.13 Å². The summed E-state index contributed by atoms with van der Waals surface area (Å²) < 4.78 is 19.3. The molecular formula is C14H18FNO. The Morgan fingerprint density at radius 1 is 1.41 bits per heavy atom. The molecule has 2 nitrogen and oxygen atoms in total. The van der Waals surface area contributed by atoms with Gasteiger partial charge in [-0.05, 0) is 31.2 Å². The van der Waals surface area contributed by atoms with Crippen LogP contribution in [0.5, 0.6) is 5.75 Å². The van der Waals surface area contributed by atoms with Crippen molar-refractivity contribution in [3.63, 3.8) is 0 Å². The first kappa shape index (κ1) is 11.0. The van der Waals surface area contributed by atoms with E-state index in [1.807, 2.05) is 0 Å². The number of fused-ring (bicyclic) bond motifs is 1. The molecule has 2 N–H and O–H groups in total. The third-order valence-electron chi connectivity index (χ3n) is 4.11. The van der Waals surface area contributed by atoms with Gasteiger partial charge in [0.1, 0.15) is 17.2 Å². The van der Waals surface area contributed by atoms with Crippen molar-refractivity contribution in [1.82, 2.24) is 0 Å². The molecule has 3 rings (SSSR count). The molecule has 92 valence electrons. The van der Waals surface area contributed by atoms with Crippen LogP contribution in [0.2, 0.25) is 0 Å². The lowest BCUT2D eigenvalue weighted by Crippen LogP contribution is -2.40. The van der Waals surface area contributed by atoms with E-state index >= 15 is 0 Å². The number of rotatable bonds is 0. The van der Waals surface area contributed by atoms with Crippen LogP contribution in [0.1, 0.15) is 44.2 Å². The predicted octanol–water partition coefficient (Wildman–Crippen LogP) is 3.17. The first-order valence-corrected chi connectivity index (χ1v) is 6.32. The molecule has 1 saturated carbocycles. The second-order valence-electron chi connectivity index (χ2n) is 5.63. The fourth-order valence-corrected chi connectivity index (χ4v) is 3.32. The molecule has 1 fully saturated rings. The van der Waals surface area contributed by atoms with Gasteiger partial charge in [-0.2, -0.15) is 0 Å². The lowest BCUT2D eigenvalue weighted by molar-refractivity contribution is 0.0390. The number of hydrogen-bond acceptors (Lipinski definition) is 2. The number of ether oxygens (including phenoxy) is 1. The fourth-order valence-electron chi connectivity index (χ4n) is 3.32. The largest absolute Gasteiger partial charge is 0.487 e. The maximum absolute atomic E-state index is 13.3. The van der Waals surface area contributed by atoms with Crippen molar-refractivity contribution in [2.24, 2.45) is 11.7 Å². The van der Waals surface area contributed by atoms with Crippen LogP contribution in [-0.4, -0.2) is 5.60 Å². The smallest absolute Gasteiger partial charge is 0.127 e. The summed E-state index contributed by atoms with van der Waals surface area (Å²) in [5, 5.41) is 0. The molecule has 0 aromatic heterocycles. The Morgan fingerprint density at radius 2 is 2.24 bits per heavy atom. The Hall–Kier alpha value is -1.09. The number of benzene rings is 1. The van der Waals surface area contributed by atoms with E-state index in [9.17, 15) is 4.39 Å². The summed E-state index contributed by atoms with van der Waals surface area (Å²) in [6, 6.07) is 4.65. The summed E-state index contributed by atoms with van der Waals surface area (Å²) in [5.41, 5.74) is 7.00. The molecule has 2 unspecified atom stereocenters. The van der Waals surface area contributed by atoms with Gasteiger partial charge in [0.05, 0.1) is 0 Å². The Bertz CT molecular complexity index is 448. The second kappa shape index (κ2) is 3.70. The predicted molar refractivity (Wildman–Crippen MR) is 64.3 cm³/mol. The average molecular weight is 235 g/mol. The Kier molecular flexibility index (Phi) is 2.40. The quantitative estimate of drug-likeness (QED) is 0.749. The maximum Gasteiger partial charge on any atom is 0.127 e. The van der Waals surface area contributed by atoms with Crippen LogP contribution in [0.3, 0.4) is 0 Å². The normalized spacial score (nSPS) is 35.7. The van der Waals surface area contributed by atoms with Crippen LogP contribution in [0.4, 0.5) is 4.39 Å². The highest BCUT2D eigenvalue weighted by Gasteiger charge is 2.44. The molecule has 1 aliphatic carbocycles. The highest BCUT2D eigenvalue weighted by Crippen LogP contribution is 2.48. The van der Waals surface area contributed by atoms with Crippen molar-refractivity contribution >= 4 is 0 Å². The van der Waals surface area contributed by atoms with Crippen molar-refractivity contribution in [2.45, 2.75) is 44.2 Å². The summed E-state index contributed by atoms with van der Waals surface area (Å²) in [6.07, 6.45) is 4.11. The number of halogens is 1. The van der Waals surface area contributed by atoms with Crippen LogP contribution in [-0.2, 0) is 0 Å². The topological polar surface area (TPSA) is 35.2 Å². The molecule has 17 heavy (non-hydrogen) atoms. The van der Waals surface area contributed by atoms with Crippen molar-refractivity contribution in [2.75, 3.05) is 0 Å². The molecule has 0 amide bonds. The highest BCUT2D eigenvalue weighted by atomic mass is 19.1. The van der Waals surface area contributed by atoms with Gasteiger partial charge < -0.3 is 10.5 Å². The molecular weight excluding hydrogens is 217 g/mol. The van der Waals surface area contributed by atoms with Gasteiger partial charge in [-0.1, -0.05) is 13.0 Å². The lowest BCUT2D eigenvalue weighted by atomic mass is 9.86. The molecule has 1 spiro atoms. The molecule has 3 atom stereocenters. The summed E-state index contributed by atoms with van der Waals surface area (Å²) in [6.45, 7) is 2.24. The Labute approximate surface area is 101 Å². The Morgan fingerprint density at radius 3 is 2.94 bits per heavy atom. The fraction of sp³-hybridized carbons (Fsp3) is 0.571. The third-order valence-corrected chi connectivity index (χ3v) is 4.11. The van der Waals surface area contributed by atoms with E-state index in [0.29, 0.717) is 11.7 Å². The maximum atomic E-state index is 13.3. The van der Waals surface area contributed by atoms with Crippen molar-refractivity contribution in [3.8, 4) is 5.75 Å². The first-order chi connectivity index (χ1) is 8.08. The summed E-state index contributed by atoms with van der Waals surface area (Å²) >= 11 is 0. The molecule has 1 aromatic carbocycles. The van der Waals surface area contributed by atoms with E-state index in [0.717, 1.165) is 24.8 Å². The van der Waals surface area contributed by atoms with Crippen LogP contribution in [0.15, 0.2) is 18.2 Å². The van der Waals surface area contributed by atoms with E-state index in [4.69, 9.17) is 10.5 Å². The van der Waals surface area contributed by atoms with Gasteiger partial charge in [-0.3, -0.25) is 0 Å². The average Bonchev–Trinajstić information content (AvgIpc) is 2.58. The van der Waals surface area contributed by atoms with Gasteiger partial charge >= 0.3 is 0 Å². The lowest BCUT2D eigenvalue weighted by Gasteiger charge is -2.39. The third kappa shape index (κ3) is 1.82. The highest BCUT2D eigenvalue weighted by molar-refractivity contribution is 5.39. The summed E-state index contributed by atoms with van der Waals surface area (Å²) in [7, 11) is 0. The van der Waals surface area contributed by atoms with Crippen LogP contribution in [0.25, 0.3) is 0 Å². The molecule has 1 heterocycles. The second-order valence-corrected chi connectivity index (χ2v) is 5.63. The van der Waals surface area contributed by atoms with Gasteiger partial charge in [0.2, 0.25) is 0 Å². The van der Waals surface area contributed by atoms with Crippen molar-refractivity contribution in [1.29, 1.82) is 0 Å². The number of hydrogen-bond donors (Lipinski definition) is 1. The van der Waals surface area contributed by atoms with Crippen molar-refractivity contribution in [3.05, 3.63) is 29.6 Å². The van der Waals surface area contributed by atoms with E-state index in [2.05, 4.69) is 6.92 Å². The van der Waals surface area contributed by atoms with Gasteiger partial charge in [0, 0.05) is 24.1 Å². The minimum absolute atomic E-state index is 0.0235. The SMILES string of the molecule is CC1CCC2(C1)C[C@@H](N)c1ccc(F)cc1O2. The summed E-state index contributed by atoms with van der Waals surface area (Å²) in [4.78, 5) is 0. The molecule has 0 bridgehead atoms. The molecule has 1 aliphatic heterocycles. The van der Waals surface area contributed by atoms with Gasteiger partial charge in [-0.15, -0.1) is 0 Å². The van der Waals surface area contributed by atoms with E-state index in [1.54, 1.807) is 6.07 Å². The molecule has 0 saturated heterocycles. The Balaban J connectivity index is 1.97. The standard InChI is InChI=1S/C14H18FNO/c1-9-4-5-14(7-9)8-12(16)11-3-2-10(15)6-13(11)17-14/h2-3,6,9,12H,4-5,7-8,16H2,1H3/t9?,12-,14?/m1/s1. The van der Waals surface area contributed by atoms with Gasteiger partial charge in [0.25, 0.3) is 0 Å². The van der Waals surface area contributed by atoms with Crippen LogP contribution in [0, 0.1) is 11.7 Å². The zero-order valence-electron chi connectivity index (χ0n) is 10.1. The molecule has 1 aromatic rings. The monoisotopic (exact) mass is 235 g/mol. The minimum Gasteiger partial charge on any atom is -0.487 e. The summed E-state index contributed by atoms with van der Waals surface area (Å²) in [5.74, 6) is 1.08. The molecule has 2 aliphatic rings. The number of nitrogens with two attached hydrogens (primary N) is 1. The van der Waals surface area contributed by atoms with Crippen LogP contribution >= 0.6 is 0 Å². The molecule has 0 radical (unpaired) electrons. The van der Waals surface area contributed by atoms with E-state index in [-0.39, 0.29) is 17.5 Å². The van der Waals surface area contributed by atoms with E-state index in [1.165, 1.54) is 18.6 Å². The zero-order valence-corrected chi connectivity index (χ0v) is 10.1. The first-order valence-electron chi connectivity index (χ1n) is 6.32. The zero-order chi connectivity index (χ0) is 12.0. The minimum atomic E-state index is -0.251. The van der Waals surface area contributed by atoms with Crippen LogP contribution < -0.4 is 10.5 Å².